The first-order valence-corrected chi connectivity index (χ1v) is 8.28. The molecule has 1 nitrogen and oxygen atoms in total. The maximum absolute atomic E-state index is 13.2. The predicted octanol–water partition coefficient (Wildman–Crippen LogP) is 5.55. The zero-order chi connectivity index (χ0) is 15.3. The molecule has 0 aliphatic heterocycles. The van der Waals surface area contributed by atoms with Crippen LogP contribution in [0.15, 0.2) is 18.2 Å². The van der Waals surface area contributed by atoms with Gasteiger partial charge in [-0.2, -0.15) is 0 Å². The number of benzene rings is 1. The lowest BCUT2D eigenvalue weighted by Gasteiger charge is -2.08. The van der Waals surface area contributed by atoms with E-state index in [9.17, 15) is 4.39 Å². The van der Waals surface area contributed by atoms with Gasteiger partial charge in [-0.3, -0.25) is 0 Å². The highest BCUT2D eigenvalue weighted by molar-refractivity contribution is 6.19. The zero-order valence-electron chi connectivity index (χ0n) is 12.8. The monoisotopic (exact) mass is 310 g/mol. The summed E-state index contributed by atoms with van der Waals surface area (Å²) in [5, 5.41) is 0. The summed E-state index contributed by atoms with van der Waals surface area (Å²) in [4.78, 5) is 0. The fourth-order valence-corrected chi connectivity index (χ4v) is 2.16. The predicted molar refractivity (Wildman–Crippen MR) is 87.5 cm³/mol. The van der Waals surface area contributed by atoms with Crippen molar-refractivity contribution < 1.29 is 9.13 Å². The van der Waals surface area contributed by atoms with Crippen LogP contribution in [0.25, 0.3) is 0 Å². The molecule has 21 heavy (non-hydrogen) atoms. The van der Waals surface area contributed by atoms with Gasteiger partial charge in [0.2, 0.25) is 0 Å². The van der Waals surface area contributed by atoms with Crippen molar-refractivity contribution in [1.29, 1.82) is 0 Å². The van der Waals surface area contributed by atoms with Crippen LogP contribution in [-0.2, 0) is 0 Å². The topological polar surface area (TPSA) is 9.23 Å². The number of hydrogen-bond donors (Lipinski definition) is 0. The van der Waals surface area contributed by atoms with Crippen LogP contribution in [-0.4, -0.2) is 12.5 Å². The lowest BCUT2D eigenvalue weighted by atomic mass is 10.1. The number of unbranched alkanes of at least 4 members (excludes halogenated alkanes) is 6. The Labute approximate surface area is 132 Å². The summed E-state index contributed by atoms with van der Waals surface area (Å²) in [5.74, 6) is 6.12. The first kappa shape index (κ1) is 17.9. The second-order valence-electron chi connectivity index (χ2n) is 5.05. The molecule has 0 saturated heterocycles. The molecule has 0 aliphatic carbocycles. The van der Waals surface area contributed by atoms with Crippen LogP contribution in [0.1, 0.15) is 57.4 Å². The van der Waals surface area contributed by atoms with Crippen molar-refractivity contribution in [2.24, 2.45) is 0 Å². The van der Waals surface area contributed by atoms with Gasteiger partial charge < -0.3 is 4.74 Å². The van der Waals surface area contributed by atoms with E-state index in [1.54, 1.807) is 6.07 Å². The molecular formula is C18H24ClFO. The van der Waals surface area contributed by atoms with E-state index >= 15 is 0 Å². The molecule has 1 aromatic carbocycles. The van der Waals surface area contributed by atoms with E-state index < -0.39 is 0 Å². The minimum Gasteiger partial charge on any atom is -0.492 e. The molecule has 1 aromatic rings. The van der Waals surface area contributed by atoms with Crippen LogP contribution < -0.4 is 4.74 Å². The van der Waals surface area contributed by atoms with Crippen LogP contribution >= 0.6 is 11.6 Å². The van der Waals surface area contributed by atoms with Gasteiger partial charge in [0, 0.05) is 0 Å². The van der Waals surface area contributed by atoms with E-state index in [4.69, 9.17) is 16.3 Å². The van der Waals surface area contributed by atoms with Gasteiger partial charge in [0.25, 0.3) is 0 Å². The fraction of sp³-hybridized carbons (Fsp3) is 0.556. The van der Waals surface area contributed by atoms with Crippen LogP contribution in [0, 0.1) is 17.7 Å². The fourth-order valence-electron chi connectivity index (χ4n) is 2.10. The number of rotatable bonds is 9. The first-order valence-electron chi connectivity index (χ1n) is 7.75. The third-order valence-corrected chi connectivity index (χ3v) is 3.37. The Balaban J connectivity index is 2.31. The molecule has 0 aliphatic rings. The molecule has 1 rings (SSSR count). The Morgan fingerprint density at radius 3 is 2.52 bits per heavy atom. The Morgan fingerprint density at radius 2 is 1.81 bits per heavy atom. The summed E-state index contributed by atoms with van der Waals surface area (Å²) in [6.07, 6.45) is 8.68. The van der Waals surface area contributed by atoms with Crippen molar-refractivity contribution >= 4 is 11.6 Å². The van der Waals surface area contributed by atoms with E-state index in [1.165, 1.54) is 50.7 Å². The number of alkyl halides is 1. The summed E-state index contributed by atoms with van der Waals surface area (Å²) in [5.41, 5.74) is 0.568. The van der Waals surface area contributed by atoms with Crippen molar-refractivity contribution in [1.82, 2.24) is 0 Å². The first-order chi connectivity index (χ1) is 10.3. The third-order valence-electron chi connectivity index (χ3n) is 3.24. The smallest absolute Gasteiger partial charge is 0.135 e. The van der Waals surface area contributed by atoms with Crippen molar-refractivity contribution in [3.05, 3.63) is 29.6 Å². The summed E-state index contributed by atoms with van der Waals surface area (Å²) < 4.78 is 18.9. The Bertz CT molecular complexity index is 462. The molecule has 0 atom stereocenters. The van der Waals surface area contributed by atoms with E-state index in [0.717, 1.165) is 6.42 Å². The highest BCUT2D eigenvalue weighted by Crippen LogP contribution is 2.19. The minimum absolute atomic E-state index is 0.230. The van der Waals surface area contributed by atoms with Gasteiger partial charge in [-0.25, -0.2) is 4.39 Å². The second kappa shape index (κ2) is 11.5. The number of ether oxygens (including phenoxy) is 1. The quantitative estimate of drug-likeness (QED) is 0.330. The molecule has 0 saturated carbocycles. The Hall–Kier alpha value is -1.20. The molecule has 0 fully saturated rings. The average molecular weight is 311 g/mol. The maximum Gasteiger partial charge on any atom is 0.135 e. The molecule has 0 radical (unpaired) electrons. The highest BCUT2D eigenvalue weighted by Gasteiger charge is 2.03. The summed E-state index contributed by atoms with van der Waals surface area (Å²) >= 11 is 5.53. The minimum atomic E-state index is -0.308. The normalized spacial score (nSPS) is 10.0. The van der Waals surface area contributed by atoms with Crippen LogP contribution in [0.5, 0.6) is 5.75 Å². The van der Waals surface area contributed by atoms with E-state index in [2.05, 4.69) is 18.8 Å². The van der Waals surface area contributed by atoms with E-state index in [0.29, 0.717) is 17.9 Å². The van der Waals surface area contributed by atoms with Crippen LogP contribution in [0.4, 0.5) is 4.39 Å². The van der Waals surface area contributed by atoms with Gasteiger partial charge in [-0.1, -0.05) is 57.3 Å². The molecule has 0 bridgehead atoms. The molecule has 0 amide bonds. The van der Waals surface area contributed by atoms with Gasteiger partial charge in [0.05, 0.1) is 18.1 Å². The summed E-state index contributed by atoms with van der Waals surface area (Å²) in [7, 11) is 0. The number of hydrogen-bond acceptors (Lipinski definition) is 1. The van der Waals surface area contributed by atoms with Crippen molar-refractivity contribution in [2.75, 3.05) is 12.5 Å². The van der Waals surface area contributed by atoms with Gasteiger partial charge in [0.1, 0.15) is 11.6 Å². The van der Waals surface area contributed by atoms with Crippen LogP contribution in [0.3, 0.4) is 0 Å². The zero-order valence-corrected chi connectivity index (χ0v) is 13.5. The molecule has 0 N–H and O–H groups in total. The largest absolute Gasteiger partial charge is 0.492 e. The average Bonchev–Trinajstić information content (AvgIpc) is 2.49. The van der Waals surface area contributed by atoms with Crippen LogP contribution in [0.2, 0.25) is 0 Å². The van der Waals surface area contributed by atoms with Crippen molar-refractivity contribution in [3.8, 4) is 17.6 Å². The maximum atomic E-state index is 13.2. The van der Waals surface area contributed by atoms with Gasteiger partial charge in [0.15, 0.2) is 0 Å². The highest BCUT2D eigenvalue weighted by atomic mass is 35.5. The second-order valence-corrected chi connectivity index (χ2v) is 5.31. The Morgan fingerprint density at radius 1 is 1.10 bits per heavy atom. The van der Waals surface area contributed by atoms with E-state index in [1.807, 2.05) is 0 Å². The van der Waals surface area contributed by atoms with Gasteiger partial charge >= 0.3 is 0 Å². The van der Waals surface area contributed by atoms with Gasteiger partial charge in [-0.15, -0.1) is 11.6 Å². The standard InChI is InChI=1S/C18H24ClFO/c1-2-3-4-5-6-7-8-14-21-18-12-11-17(20)15-16(18)10-9-13-19/h11-12,15H,2-8,13-14H2,1H3. The van der Waals surface area contributed by atoms with Crippen molar-refractivity contribution in [3.63, 3.8) is 0 Å². The molecule has 3 heteroatoms. The number of halogens is 2. The Kier molecular flexibility index (Phi) is 9.74. The lowest BCUT2D eigenvalue weighted by molar-refractivity contribution is 0.303. The lowest BCUT2D eigenvalue weighted by Crippen LogP contribution is -1.99. The molecule has 0 unspecified atom stereocenters. The molecule has 0 heterocycles. The molecular weight excluding hydrogens is 287 g/mol. The third kappa shape index (κ3) is 7.97. The molecule has 0 aromatic heterocycles. The molecule has 0 spiro atoms. The van der Waals surface area contributed by atoms with Crippen molar-refractivity contribution in [2.45, 2.75) is 51.9 Å². The summed E-state index contributed by atoms with van der Waals surface area (Å²) in [6.45, 7) is 2.87. The van der Waals surface area contributed by atoms with E-state index in [-0.39, 0.29) is 11.7 Å². The SMILES string of the molecule is CCCCCCCCCOc1ccc(F)cc1C#CCCl. The molecule has 116 valence electrons. The summed E-state index contributed by atoms with van der Waals surface area (Å²) in [6, 6.07) is 4.42. The van der Waals surface area contributed by atoms with Gasteiger partial charge in [-0.05, 0) is 24.6 Å².